The summed E-state index contributed by atoms with van der Waals surface area (Å²) in [6, 6.07) is 13.4. The van der Waals surface area contributed by atoms with E-state index in [-0.39, 0.29) is 12.5 Å². The Morgan fingerprint density at radius 3 is 2.60 bits per heavy atom. The summed E-state index contributed by atoms with van der Waals surface area (Å²) in [5.74, 6) is -0.197. The molecule has 0 aliphatic heterocycles. The highest BCUT2D eigenvalue weighted by atomic mass is 16.1. The average molecular weight is 267 g/mol. The molecule has 4 nitrogen and oxygen atoms in total. The molecule has 4 heteroatoms. The third-order valence-electron chi connectivity index (χ3n) is 2.74. The zero-order chi connectivity index (χ0) is 14.4. The molecule has 1 aromatic carbocycles. The lowest BCUT2D eigenvalue weighted by molar-refractivity contribution is -0.114. The third-order valence-corrected chi connectivity index (χ3v) is 2.74. The summed E-state index contributed by atoms with van der Waals surface area (Å²) in [4.78, 5) is 15.5. The maximum absolute atomic E-state index is 11.2. The number of aryl methyl sites for hydroxylation is 1. The molecular weight excluding hydrogens is 250 g/mol. The zero-order valence-corrected chi connectivity index (χ0v) is 11.3. The van der Waals surface area contributed by atoms with Crippen molar-refractivity contribution in [3.63, 3.8) is 0 Å². The van der Waals surface area contributed by atoms with E-state index in [0.717, 1.165) is 22.6 Å². The summed E-state index contributed by atoms with van der Waals surface area (Å²) < 4.78 is 0. The predicted octanol–water partition coefficient (Wildman–Crippen LogP) is 2.46. The molecule has 2 aromatic rings. The van der Waals surface area contributed by atoms with Gasteiger partial charge in [-0.1, -0.05) is 24.3 Å². The first-order valence-electron chi connectivity index (χ1n) is 6.39. The lowest BCUT2D eigenvalue weighted by atomic mass is 10.1. The van der Waals surface area contributed by atoms with E-state index in [1.54, 1.807) is 0 Å². The topological polar surface area (TPSA) is 68.0 Å². The van der Waals surface area contributed by atoms with Gasteiger partial charge < -0.3 is 11.1 Å². The van der Waals surface area contributed by atoms with Crippen molar-refractivity contribution in [3.05, 3.63) is 59.4 Å². The van der Waals surface area contributed by atoms with E-state index in [0.29, 0.717) is 0 Å². The fourth-order valence-corrected chi connectivity index (χ4v) is 1.73. The number of amides is 1. The lowest BCUT2D eigenvalue weighted by Crippen LogP contribution is -2.21. The molecule has 0 bridgehead atoms. The lowest BCUT2D eigenvalue weighted by Gasteiger charge is -2.03. The van der Waals surface area contributed by atoms with Gasteiger partial charge in [-0.05, 0) is 42.8 Å². The number of pyridine rings is 1. The van der Waals surface area contributed by atoms with Gasteiger partial charge in [0.25, 0.3) is 0 Å². The van der Waals surface area contributed by atoms with E-state index in [1.807, 2.05) is 61.5 Å². The Hall–Kier alpha value is -2.46. The summed E-state index contributed by atoms with van der Waals surface area (Å²) in [6.45, 7) is 1.95. The molecule has 0 unspecified atom stereocenters. The minimum Gasteiger partial charge on any atom is -0.325 e. The van der Waals surface area contributed by atoms with Crippen LogP contribution < -0.4 is 11.1 Å². The summed E-state index contributed by atoms with van der Waals surface area (Å²) in [5, 5.41) is 2.70. The summed E-state index contributed by atoms with van der Waals surface area (Å²) in [6.07, 6.45) is 3.94. The van der Waals surface area contributed by atoms with E-state index in [2.05, 4.69) is 10.3 Å². The van der Waals surface area contributed by atoms with E-state index < -0.39 is 0 Å². The van der Waals surface area contributed by atoms with Gasteiger partial charge in [0.1, 0.15) is 0 Å². The van der Waals surface area contributed by atoms with Crippen molar-refractivity contribution in [1.82, 2.24) is 4.98 Å². The van der Waals surface area contributed by atoms with Gasteiger partial charge in [-0.25, -0.2) is 0 Å². The monoisotopic (exact) mass is 267 g/mol. The molecule has 0 fully saturated rings. The van der Waals surface area contributed by atoms with Crippen molar-refractivity contribution in [2.75, 3.05) is 11.9 Å². The number of rotatable bonds is 4. The Morgan fingerprint density at radius 2 is 1.95 bits per heavy atom. The van der Waals surface area contributed by atoms with Crippen LogP contribution in [0.3, 0.4) is 0 Å². The summed E-state index contributed by atoms with van der Waals surface area (Å²) in [7, 11) is 0. The minimum absolute atomic E-state index is 0.0132. The molecule has 0 spiro atoms. The van der Waals surface area contributed by atoms with Crippen LogP contribution in [0, 0.1) is 6.92 Å². The first kappa shape index (κ1) is 14.0. The molecule has 0 aliphatic carbocycles. The van der Waals surface area contributed by atoms with Gasteiger partial charge in [-0.15, -0.1) is 0 Å². The van der Waals surface area contributed by atoms with Crippen molar-refractivity contribution in [2.24, 2.45) is 5.73 Å². The Bertz CT molecular complexity index is 618. The summed E-state index contributed by atoms with van der Waals surface area (Å²) in [5.41, 5.74) is 8.94. The number of nitrogens with two attached hydrogens (primary N) is 1. The van der Waals surface area contributed by atoms with E-state index in [9.17, 15) is 4.79 Å². The van der Waals surface area contributed by atoms with Crippen molar-refractivity contribution in [2.45, 2.75) is 6.92 Å². The first-order chi connectivity index (χ1) is 9.67. The van der Waals surface area contributed by atoms with Gasteiger partial charge in [0.15, 0.2) is 0 Å². The number of nitrogens with zero attached hydrogens (tertiary/aromatic N) is 1. The smallest absolute Gasteiger partial charge is 0.238 e. The van der Waals surface area contributed by atoms with Gasteiger partial charge in [0.05, 0.1) is 12.2 Å². The van der Waals surface area contributed by atoms with Gasteiger partial charge in [-0.3, -0.25) is 9.78 Å². The second-order valence-electron chi connectivity index (χ2n) is 4.41. The number of hydrogen-bond acceptors (Lipinski definition) is 3. The van der Waals surface area contributed by atoms with E-state index in [1.165, 1.54) is 0 Å². The molecule has 3 N–H and O–H groups in total. The Morgan fingerprint density at radius 1 is 1.20 bits per heavy atom. The fourth-order valence-electron chi connectivity index (χ4n) is 1.73. The third kappa shape index (κ3) is 4.03. The van der Waals surface area contributed by atoms with Gasteiger partial charge in [0, 0.05) is 11.4 Å². The van der Waals surface area contributed by atoms with Crippen molar-refractivity contribution >= 4 is 23.7 Å². The minimum atomic E-state index is -0.197. The van der Waals surface area contributed by atoms with Crippen LogP contribution in [-0.4, -0.2) is 17.4 Å². The first-order valence-corrected chi connectivity index (χ1v) is 6.39. The molecule has 1 aromatic heterocycles. The van der Waals surface area contributed by atoms with Crippen LogP contribution in [0.25, 0.3) is 12.2 Å². The highest BCUT2D eigenvalue weighted by Gasteiger charge is 1.98. The second-order valence-corrected chi connectivity index (χ2v) is 4.41. The molecule has 20 heavy (non-hydrogen) atoms. The number of nitrogens with one attached hydrogen (secondary N) is 1. The highest BCUT2D eigenvalue weighted by molar-refractivity contribution is 5.92. The average Bonchev–Trinajstić information content (AvgIpc) is 2.46. The number of anilines is 1. The summed E-state index contributed by atoms with van der Waals surface area (Å²) >= 11 is 0. The van der Waals surface area contributed by atoms with E-state index in [4.69, 9.17) is 5.73 Å². The van der Waals surface area contributed by atoms with Crippen molar-refractivity contribution in [3.8, 4) is 0 Å². The molecule has 0 radical (unpaired) electrons. The Balaban J connectivity index is 2.05. The van der Waals surface area contributed by atoms with Gasteiger partial charge >= 0.3 is 0 Å². The molecule has 1 heterocycles. The molecule has 0 atom stereocenters. The Kier molecular flexibility index (Phi) is 4.63. The van der Waals surface area contributed by atoms with Crippen LogP contribution in [0.15, 0.2) is 42.5 Å². The van der Waals surface area contributed by atoms with Crippen LogP contribution in [0.2, 0.25) is 0 Å². The maximum Gasteiger partial charge on any atom is 0.238 e. The van der Waals surface area contributed by atoms with E-state index >= 15 is 0 Å². The van der Waals surface area contributed by atoms with Crippen molar-refractivity contribution in [1.29, 1.82) is 0 Å². The van der Waals surface area contributed by atoms with Gasteiger partial charge in [-0.2, -0.15) is 0 Å². The van der Waals surface area contributed by atoms with Crippen LogP contribution in [0.4, 0.5) is 5.69 Å². The van der Waals surface area contributed by atoms with Gasteiger partial charge in [0.2, 0.25) is 5.91 Å². The molecule has 0 aliphatic rings. The number of carbonyl (C=O) groups excluding carboxylic acids is 1. The predicted molar refractivity (Wildman–Crippen MR) is 82.0 cm³/mol. The second kappa shape index (κ2) is 6.63. The zero-order valence-electron chi connectivity index (χ0n) is 11.3. The molecule has 0 saturated carbocycles. The largest absolute Gasteiger partial charge is 0.325 e. The molecule has 0 saturated heterocycles. The van der Waals surface area contributed by atoms with Crippen LogP contribution >= 0.6 is 0 Å². The normalized spacial score (nSPS) is 10.7. The molecule has 102 valence electrons. The quantitative estimate of drug-likeness (QED) is 0.894. The van der Waals surface area contributed by atoms with Crippen molar-refractivity contribution < 1.29 is 4.79 Å². The number of carbonyl (C=O) groups is 1. The molecule has 1 amide bonds. The van der Waals surface area contributed by atoms with Crippen LogP contribution in [0.1, 0.15) is 17.0 Å². The van der Waals surface area contributed by atoms with Crippen LogP contribution in [0.5, 0.6) is 0 Å². The van der Waals surface area contributed by atoms with Crippen LogP contribution in [-0.2, 0) is 4.79 Å². The molecular formula is C16H17N3O. The number of benzene rings is 1. The Labute approximate surface area is 118 Å². The standard InChI is InChI=1S/C16H17N3O/c1-12-3-2-4-14(18-12)8-5-13-6-9-15(10-7-13)19-16(20)11-17/h2-10H,11,17H2,1H3,(H,19,20)/b8-5+. The number of hydrogen-bond donors (Lipinski definition) is 2. The molecule has 2 rings (SSSR count). The number of aromatic nitrogens is 1. The highest BCUT2D eigenvalue weighted by Crippen LogP contribution is 2.12. The fraction of sp³-hybridized carbons (Fsp3) is 0.125. The SMILES string of the molecule is Cc1cccc(/C=C/c2ccc(NC(=O)CN)cc2)n1. The maximum atomic E-state index is 11.2.